The van der Waals surface area contributed by atoms with Gasteiger partial charge in [-0.1, -0.05) is 36.4 Å². The molecule has 3 atom stereocenters. The quantitative estimate of drug-likeness (QED) is 0.628. The Morgan fingerprint density at radius 3 is 2.47 bits per heavy atom. The van der Waals surface area contributed by atoms with E-state index < -0.39 is 17.3 Å². The van der Waals surface area contributed by atoms with Gasteiger partial charge in [0, 0.05) is 36.9 Å². The molecule has 3 fully saturated rings. The summed E-state index contributed by atoms with van der Waals surface area (Å²) in [5, 5.41) is 2.95. The van der Waals surface area contributed by atoms with E-state index in [0.29, 0.717) is 37.2 Å². The topological polar surface area (TPSA) is 49.1 Å². The van der Waals surface area contributed by atoms with Gasteiger partial charge in [-0.3, -0.25) is 15.2 Å². The summed E-state index contributed by atoms with van der Waals surface area (Å²) in [7, 11) is 0. The lowest BCUT2D eigenvalue weighted by Gasteiger charge is -2.45. The Kier molecular flexibility index (Phi) is 7.67. The van der Waals surface area contributed by atoms with Crippen LogP contribution in [0.15, 0.2) is 59.6 Å². The fraction of sp³-hybridized carbons (Fsp3) is 0.481. The summed E-state index contributed by atoms with van der Waals surface area (Å²) in [5.74, 6) is -2.50. The minimum atomic E-state index is -2.64. The molecule has 36 heavy (non-hydrogen) atoms. The zero-order valence-corrected chi connectivity index (χ0v) is 21.1. The Morgan fingerprint density at radius 1 is 1.08 bits per heavy atom. The van der Waals surface area contributed by atoms with Gasteiger partial charge in [-0.15, -0.1) is 0 Å². The molecule has 2 saturated heterocycles. The van der Waals surface area contributed by atoms with Gasteiger partial charge in [-0.05, 0) is 38.0 Å². The molecule has 1 spiro atoms. The largest absolute Gasteiger partial charge is 1.00 e. The number of hydrogen-bond donors (Lipinski definition) is 2. The summed E-state index contributed by atoms with van der Waals surface area (Å²) in [4.78, 5) is 21.2. The van der Waals surface area contributed by atoms with Crippen LogP contribution in [0.4, 0.5) is 23.7 Å². The molecule has 1 saturated carbocycles. The van der Waals surface area contributed by atoms with E-state index in [0.717, 1.165) is 13.1 Å². The highest BCUT2D eigenvalue weighted by atomic mass is 35.5. The molecule has 5 rings (SSSR count). The lowest BCUT2D eigenvalue weighted by atomic mass is 9.81. The Bertz CT molecular complexity index is 1110. The van der Waals surface area contributed by atoms with Crippen molar-refractivity contribution in [3.05, 3.63) is 66.0 Å². The molecule has 1 unspecified atom stereocenters. The van der Waals surface area contributed by atoms with E-state index >= 15 is 0 Å². The molecule has 2 amide bonds. The Balaban J connectivity index is 0.00000304. The first-order valence-electron chi connectivity index (χ1n) is 12.5. The third-order valence-electron chi connectivity index (χ3n) is 7.84. The standard InChI is InChI=1S/C27H31F3N4O.ClH/c1-19-17-26(14-15-33(19)18-20-6-3-2-4-7-20)24(31-22-10-12-27(29,30)13-11-22)32-25(35)34(26)23-9-5-8-21(28)16-23;/h2-9,16,19,22H,10-15,17-18H2,1H3,(H,31,32,35);1H/t19-,26+;/m0./s1. The minimum absolute atomic E-state index is 0. The van der Waals surface area contributed by atoms with Crippen molar-refractivity contribution in [1.82, 2.24) is 5.32 Å². The first-order valence-corrected chi connectivity index (χ1v) is 12.5. The number of urea groups is 1. The molecule has 2 N–H and O–H groups in total. The number of piperidine rings is 1. The fourth-order valence-corrected chi connectivity index (χ4v) is 5.95. The number of alkyl halides is 2. The second-order valence-electron chi connectivity index (χ2n) is 10.3. The molecule has 194 valence electrons. The number of halogens is 4. The molecule has 0 radical (unpaired) electrons. The smallest absolute Gasteiger partial charge is 0.328 e. The third kappa shape index (κ3) is 5.25. The molecule has 9 heteroatoms. The van der Waals surface area contributed by atoms with Gasteiger partial charge in [-0.25, -0.2) is 18.0 Å². The van der Waals surface area contributed by atoms with Gasteiger partial charge in [0.2, 0.25) is 5.92 Å². The summed E-state index contributed by atoms with van der Waals surface area (Å²) in [6.45, 7) is 3.85. The third-order valence-corrected chi connectivity index (χ3v) is 7.84. The summed E-state index contributed by atoms with van der Waals surface area (Å²) in [5.41, 5.74) is 0.997. The van der Waals surface area contributed by atoms with Gasteiger partial charge >= 0.3 is 6.03 Å². The number of amides is 2. The van der Waals surface area contributed by atoms with Crippen LogP contribution in [0.25, 0.3) is 0 Å². The lowest BCUT2D eigenvalue weighted by molar-refractivity contribution is -0.942. The van der Waals surface area contributed by atoms with Crippen molar-refractivity contribution in [3.8, 4) is 0 Å². The van der Waals surface area contributed by atoms with Crippen molar-refractivity contribution in [1.29, 1.82) is 0 Å². The predicted molar refractivity (Wildman–Crippen MR) is 129 cm³/mol. The van der Waals surface area contributed by atoms with Crippen molar-refractivity contribution in [2.75, 3.05) is 11.4 Å². The van der Waals surface area contributed by atoms with Crippen LogP contribution >= 0.6 is 0 Å². The van der Waals surface area contributed by atoms with Crippen molar-refractivity contribution in [2.24, 2.45) is 4.99 Å². The molecule has 0 bridgehead atoms. The van der Waals surface area contributed by atoms with E-state index in [1.807, 2.05) is 18.2 Å². The molecule has 1 aliphatic carbocycles. The molecule has 2 aromatic carbocycles. The number of likely N-dealkylation sites (tertiary alicyclic amines) is 1. The molecular weight excluding hydrogens is 489 g/mol. The van der Waals surface area contributed by atoms with Crippen molar-refractivity contribution in [3.63, 3.8) is 0 Å². The minimum Gasteiger partial charge on any atom is -1.00 e. The van der Waals surface area contributed by atoms with E-state index in [2.05, 4.69) is 24.4 Å². The van der Waals surface area contributed by atoms with Gasteiger partial charge in [0.25, 0.3) is 0 Å². The Hall–Kier alpha value is -2.58. The molecule has 2 aliphatic heterocycles. The van der Waals surface area contributed by atoms with E-state index in [1.54, 1.807) is 17.0 Å². The Labute approximate surface area is 216 Å². The van der Waals surface area contributed by atoms with Crippen LogP contribution in [0.1, 0.15) is 51.0 Å². The number of benzene rings is 2. The maximum absolute atomic E-state index is 14.2. The molecule has 5 nitrogen and oxygen atoms in total. The van der Waals surface area contributed by atoms with E-state index in [-0.39, 0.29) is 43.4 Å². The van der Waals surface area contributed by atoms with Crippen molar-refractivity contribution in [2.45, 2.75) is 75.5 Å². The fourth-order valence-electron chi connectivity index (χ4n) is 5.95. The Morgan fingerprint density at radius 2 is 1.81 bits per heavy atom. The van der Waals surface area contributed by atoms with Gasteiger partial charge in [-0.2, -0.15) is 0 Å². The number of nitrogens with one attached hydrogen (secondary N) is 2. The first-order chi connectivity index (χ1) is 16.8. The number of rotatable bonds is 4. The monoisotopic (exact) mass is 520 g/mol. The average molecular weight is 521 g/mol. The van der Waals surface area contributed by atoms with Crippen LogP contribution in [0, 0.1) is 5.82 Å². The van der Waals surface area contributed by atoms with E-state index in [4.69, 9.17) is 4.99 Å². The zero-order chi connectivity index (χ0) is 24.6. The molecular formula is C27H32ClF3N4O. The predicted octanol–water partition coefficient (Wildman–Crippen LogP) is 1.34. The van der Waals surface area contributed by atoms with Crippen LogP contribution in [0.5, 0.6) is 0 Å². The highest BCUT2D eigenvalue weighted by Gasteiger charge is 2.56. The van der Waals surface area contributed by atoms with Crippen LogP contribution in [-0.2, 0) is 6.54 Å². The summed E-state index contributed by atoms with van der Waals surface area (Å²) < 4.78 is 41.6. The summed E-state index contributed by atoms with van der Waals surface area (Å²) in [6, 6.07) is 16.0. The van der Waals surface area contributed by atoms with Gasteiger partial charge in [0.1, 0.15) is 23.7 Å². The summed E-state index contributed by atoms with van der Waals surface area (Å²) in [6.07, 6.45) is 1.51. The number of aliphatic imine (C=N–C) groups is 1. The van der Waals surface area contributed by atoms with Gasteiger partial charge in [0.05, 0.1) is 18.6 Å². The van der Waals surface area contributed by atoms with Crippen molar-refractivity contribution < 1.29 is 35.3 Å². The van der Waals surface area contributed by atoms with E-state index in [1.165, 1.54) is 22.6 Å². The second kappa shape index (κ2) is 10.4. The van der Waals surface area contributed by atoms with E-state index in [9.17, 15) is 18.0 Å². The maximum Gasteiger partial charge on any atom is 0.328 e. The van der Waals surface area contributed by atoms with Crippen LogP contribution < -0.4 is 27.5 Å². The molecule has 0 aromatic heterocycles. The first kappa shape index (κ1) is 26.5. The highest BCUT2D eigenvalue weighted by Crippen LogP contribution is 2.39. The normalized spacial score (nSPS) is 29.3. The number of anilines is 1. The van der Waals surface area contributed by atoms with Crippen LogP contribution in [-0.4, -0.2) is 42.0 Å². The number of quaternary nitrogens is 1. The summed E-state index contributed by atoms with van der Waals surface area (Å²) >= 11 is 0. The van der Waals surface area contributed by atoms with Crippen LogP contribution in [0.3, 0.4) is 0 Å². The van der Waals surface area contributed by atoms with Crippen molar-refractivity contribution >= 4 is 17.6 Å². The zero-order valence-electron chi connectivity index (χ0n) is 20.3. The van der Waals surface area contributed by atoms with Crippen LogP contribution in [0.2, 0.25) is 0 Å². The number of carbonyl (C=O) groups is 1. The number of carbonyl (C=O) groups excluding carboxylic acids is 1. The maximum atomic E-state index is 14.2. The number of hydrogen-bond acceptors (Lipinski definition) is 2. The highest BCUT2D eigenvalue weighted by molar-refractivity contribution is 6.19. The molecule has 3 aliphatic rings. The molecule has 2 heterocycles. The number of nitrogens with zero attached hydrogens (tertiary/aromatic N) is 2. The van der Waals surface area contributed by atoms with Gasteiger partial charge in [0.15, 0.2) is 0 Å². The van der Waals surface area contributed by atoms with Gasteiger partial charge < -0.3 is 17.3 Å². The average Bonchev–Trinajstić information content (AvgIpc) is 3.08. The second-order valence-corrected chi connectivity index (χ2v) is 10.3. The lowest BCUT2D eigenvalue weighted by Crippen LogP contribution is -3.16. The number of amidine groups is 1. The molecule has 2 aromatic rings. The SMILES string of the molecule is C[C@H]1C[C@]2(CC[NH+]1Cc1ccccc1)C(=NC1CCC(F)(F)CC1)NC(=O)N2c1cccc(F)c1.[Cl-].